The standard InChI is InChI=1S/C40H76O6/c1-5-8-10-12-13-14-15-16-17-18-19-25-29-33-40(43)46-37(34-44-38(41)31-27-22-11-9-6-2)35-45-39(42)32-28-24-21-20-23-26-30-36(4)7-3/h36-37H,5-35H2,1-4H3/t36?,37-/m0/s1. The van der Waals surface area contributed by atoms with Gasteiger partial charge in [-0.05, 0) is 25.2 Å². The first-order chi connectivity index (χ1) is 22.4. The predicted molar refractivity (Wildman–Crippen MR) is 192 cm³/mol. The molecular formula is C40H76O6. The quantitative estimate of drug-likeness (QED) is 0.0385. The number of unbranched alkanes of at least 4 members (excludes halogenated alkanes) is 21. The van der Waals surface area contributed by atoms with Gasteiger partial charge in [0, 0.05) is 19.3 Å². The fourth-order valence-corrected chi connectivity index (χ4v) is 5.71. The summed E-state index contributed by atoms with van der Waals surface area (Å²) in [6, 6.07) is 0. The van der Waals surface area contributed by atoms with Crippen molar-refractivity contribution in [2.45, 2.75) is 220 Å². The van der Waals surface area contributed by atoms with Crippen LogP contribution in [0.1, 0.15) is 214 Å². The van der Waals surface area contributed by atoms with Crippen LogP contribution in [0.5, 0.6) is 0 Å². The van der Waals surface area contributed by atoms with Gasteiger partial charge in [-0.25, -0.2) is 0 Å². The van der Waals surface area contributed by atoms with E-state index < -0.39 is 6.10 Å². The van der Waals surface area contributed by atoms with Crippen molar-refractivity contribution < 1.29 is 28.6 Å². The van der Waals surface area contributed by atoms with E-state index in [0.29, 0.717) is 19.3 Å². The number of hydrogen-bond acceptors (Lipinski definition) is 6. The van der Waals surface area contributed by atoms with Crippen LogP contribution in [-0.2, 0) is 28.6 Å². The average molecular weight is 653 g/mol. The highest BCUT2D eigenvalue weighted by atomic mass is 16.6. The van der Waals surface area contributed by atoms with Crippen molar-refractivity contribution >= 4 is 17.9 Å². The first-order valence-electron chi connectivity index (χ1n) is 19.9. The van der Waals surface area contributed by atoms with Gasteiger partial charge in [-0.15, -0.1) is 0 Å². The molecule has 272 valence electrons. The fraction of sp³-hybridized carbons (Fsp3) is 0.925. The third-order valence-corrected chi connectivity index (χ3v) is 9.15. The molecule has 6 heteroatoms. The van der Waals surface area contributed by atoms with Gasteiger partial charge >= 0.3 is 17.9 Å². The van der Waals surface area contributed by atoms with E-state index in [0.717, 1.165) is 70.1 Å². The molecule has 0 saturated heterocycles. The molecule has 6 nitrogen and oxygen atoms in total. The molecule has 0 aromatic carbocycles. The number of carbonyl (C=O) groups is 3. The maximum absolute atomic E-state index is 12.6. The van der Waals surface area contributed by atoms with Crippen LogP contribution in [0.2, 0.25) is 0 Å². The topological polar surface area (TPSA) is 78.9 Å². The lowest BCUT2D eigenvalue weighted by molar-refractivity contribution is -0.167. The summed E-state index contributed by atoms with van der Waals surface area (Å²) in [5, 5.41) is 0. The maximum Gasteiger partial charge on any atom is 0.306 e. The first kappa shape index (κ1) is 44.4. The van der Waals surface area contributed by atoms with Crippen LogP contribution < -0.4 is 0 Å². The molecule has 0 heterocycles. The van der Waals surface area contributed by atoms with Gasteiger partial charge in [-0.1, -0.05) is 175 Å². The zero-order valence-electron chi connectivity index (χ0n) is 31.0. The van der Waals surface area contributed by atoms with E-state index in [1.54, 1.807) is 0 Å². The molecule has 0 N–H and O–H groups in total. The van der Waals surface area contributed by atoms with Gasteiger partial charge in [-0.3, -0.25) is 14.4 Å². The Morgan fingerprint density at radius 3 is 1.13 bits per heavy atom. The zero-order chi connectivity index (χ0) is 33.9. The maximum atomic E-state index is 12.6. The molecule has 0 fully saturated rings. The second-order valence-corrected chi connectivity index (χ2v) is 13.8. The highest BCUT2D eigenvalue weighted by molar-refractivity contribution is 5.71. The summed E-state index contributed by atoms with van der Waals surface area (Å²) < 4.78 is 16.5. The van der Waals surface area contributed by atoms with Gasteiger partial charge in [0.1, 0.15) is 13.2 Å². The van der Waals surface area contributed by atoms with Crippen LogP contribution in [0.25, 0.3) is 0 Å². The van der Waals surface area contributed by atoms with E-state index in [1.165, 1.54) is 103 Å². The summed E-state index contributed by atoms with van der Waals surface area (Å²) in [6.45, 7) is 8.86. The van der Waals surface area contributed by atoms with Crippen molar-refractivity contribution in [3.05, 3.63) is 0 Å². The van der Waals surface area contributed by atoms with Crippen molar-refractivity contribution in [1.29, 1.82) is 0 Å². The van der Waals surface area contributed by atoms with E-state index in [2.05, 4.69) is 27.7 Å². The minimum absolute atomic E-state index is 0.0669. The second kappa shape index (κ2) is 34.7. The molecule has 0 radical (unpaired) electrons. The van der Waals surface area contributed by atoms with Gasteiger partial charge in [0.25, 0.3) is 0 Å². The molecular weight excluding hydrogens is 576 g/mol. The van der Waals surface area contributed by atoms with Crippen LogP contribution in [0.15, 0.2) is 0 Å². The molecule has 0 aromatic rings. The molecule has 0 aliphatic carbocycles. The number of rotatable bonds is 35. The molecule has 0 aromatic heterocycles. The monoisotopic (exact) mass is 653 g/mol. The number of ether oxygens (including phenoxy) is 3. The molecule has 0 amide bonds. The number of esters is 3. The van der Waals surface area contributed by atoms with Crippen LogP contribution in [0.4, 0.5) is 0 Å². The van der Waals surface area contributed by atoms with Crippen molar-refractivity contribution in [3.8, 4) is 0 Å². The lowest BCUT2D eigenvalue weighted by atomic mass is 10.00. The summed E-state index contributed by atoms with van der Waals surface area (Å²) in [5.41, 5.74) is 0. The summed E-state index contributed by atoms with van der Waals surface area (Å²) in [6.07, 6.45) is 31.1. The fourth-order valence-electron chi connectivity index (χ4n) is 5.71. The van der Waals surface area contributed by atoms with E-state index >= 15 is 0 Å². The van der Waals surface area contributed by atoms with Gasteiger partial charge in [0.15, 0.2) is 6.10 Å². The Hall–Kier alpha value is -1.59. The summed E-state index contributed by atoms with van der Waals surface area (Å²) >= 11 is 0. The van der Waals surface area contributed by atoms with Crippen molar-refractivity contribution in [2.24, 2.45) is 5.92 Å². The van der Waals surface area contributed by atoms with Crippen molar-refractivity contribution in [3.63, 3.8) is 0 Å². The highest BCUT2D eigenvalue weighted by Gasteiger charge is 2.19. The Morgan fingerprint density at radius 1 is 0.435 bits per heavy atom. The number of hydrogen-bond donors (Lipinski definition) is 0. The third kappa shape index (κ3) is 32.4. The van der Waals surface area contributed by atoms with Crippen LogP contribution in [0, 0.1) is 5.92 Å². The van der Waals surface area contributed by atoms with E-state index in [9.17, 15) is 14.4 Å². The molecule has 0 aliphatic heterocycles. The molecule has 2 atom stereocenters. The van der Waals surface area contributed by atoms with E-state index in [4.69, 9.17) is 14.2 Å². The zero-order valence-corrected chi connectivity index (χ0v) is 31.0. The Morgan fingerprint density at radius 2 is 0.761 bits per heavy atom. The second-order valence-electron chi connectivity index (χ2n) is 13.8. The first-order valence-corrected chi connectivity index (χ1v) is 19.9. The summed E-state index contributed by atoms with van der Waals surface area (Å²) in [7, 11) is 0. The van der Waals surface area contributed by atoms with Crippen LogP contribution >= 0.6 is 0 Å². The summed E-state index contributed by atoms with van der Waals surface area (Å²) in [5.74, 6) is -0.0645. The Labute approximate surface area is 285 Å². The third-order valence-electron chi connectivity index (χ3n) is 9.15. The molecule has 0 aliphatic rings. The highest BCUT2D eigenvalue weighted by Crippen LogP contribution is 2.16. The van der Waals surface area contributed by atoms with Gasteiger partial charge < -0.3 is 14.2 Å². The lowest BCUT2D eigenvalue weighted by Crippen LogP contribution is -2.30. The van der Waals surface area contributed by atoms with Crippen LogP contribution in [-0.4, -0.2) is 37.2 Å². The van der Waals surface area contributed by atoms with Crippen molar-refractivity contribution in [2.75, 3.05) is 13.2 Å². The minimum Gasteiger partial charge on any atom is -0.462 e. The van der Waals surface area contributed by atoms with Gasteiger partial charge in [0.05, 0.1) is 0 Å². The molecule has 1 unspecified atom stereocenters. The SMILES string of the molecule is CCCCCCCCCCCCCCCC(=O)O[C@@H](COC(=O)CCCCCCC)COC(=O)CCCCCCCCC(C)CC. The van der Waals surface area contributed by atoms with Crippen molar-refractivity contribution in [1.82, 2.24) is 0 Å². The molecule has 0 rings (SSSR count). The Bertz CT molecular complexity index is 693. The number of carbonyl (C=O) groups excluding carboxylic acids is 3. The van der Waals surface area contributed by atoms with E-state index in [-0.39, 0.29) is 31.1 Å². The smallest absolute Gasteiger partial charge is 0.306 e. The molecule has 0 bridgehead atoms. The minimum atomic E-state index is -0.757. The summed E-state index contributed by atoms with van der Waals surface area (Å²) in [4.78, 5) is 37.2. The molecule has 0 spiro atoms. The average Bonchev–Trinajstić information content (AvgIpc) is 3.05. The Balaban J connectivity index is 4.27. The lowest BCUT2D eigenvalue weighted by Gasteiger charge is -2.18. The van der Waals surface area contributed by atoms with Gasteiger partial charge in [-0.2, -0.15) is 0 Å². The normalized spacial score (nSPS) is 12.5. The predicted octanol–water partition coefficient (Wildman–Crippen LogP) is 12.0. The van der Waals surface area contributed by atoms with E-state index in [1.807, 2.05) is 0 Å². The largest absolute Gasteiger partial charge is 0.462 e. The van der Waals surface area contributed by atoms with Gasteiger partial charge in [0.2, 0.25) is 0 Å². The molecule has 46 heavy (non-hydrogen) atoms. The Kier molecular flexibility index (Phi) is 33.5. The molecule has 0 saturated carbocycles. The van der Waals surface area contributed by atoms with Crippen LogP contribution in [0.3, 0.4) is 0 Å².